The summed E-state index contributed by atoms with van der Waals surface area (Å²) in [6, 6.07) is 8.27. The molecule has 33 heavy (non-hydrogen) atoms. The van der Waals surface area contributed by atoms with Gasteiger partial charge in [-0.1, -0.05) is 6.08 Å². The van der Waals surface area contributed by atoms with Crippen LogP contribution in [0.25, 0.3) is 10.9 Å². The molecule has 0 radical (unpaired) electrons. The summed E-state index contributed by atoms with van der Waals surface area (Å²) in [4.78, 5) is 12.8. The SMILES string of the molecule is COC1=CC(CNC2CCC(Cn3c(=O)cc(C)c4ccc(OC)cc43)CC2)=CCC1OC. The third kappa shape index (κ3) is 5.33. The molecule has 0 saturated heterocycles. The number of hydrogen-bond acceptors (Lipinski definition) is 5. The Hall–Kier alpha value is -2.57. The standard InChI is InChI=1S/C27H36N2O4/c1-18-13-27(30)29(24-15-22(31-2)10-11-23(18)24)17-19-5-8-21(9-6-19)28-16-20-7-12-25(32-3)26(14-20)33-4/h7,10-11,13-15,19,21,25,28H,5-6,8-9,12,16-17H2,1-4H3. The molecule has 178 valence electrons. The average molecular weight is 453 g/mol. The van der Waals surface area contributed by atoms with E-state index in [0.29, 0.717) is 12.0 Å². The lowest BCUT2D eigenvalue weighted by molar-refractivity contribution is 0.0789. The fourth-order valence-corrected chi connectivity index (χ4v) is 5.15. The Morgan fingerprint density at radius 1 is 1.06 bits per heavy atom. The van der Waals surface area contributed by atoms with Crippen molar-refractivity contribution in [3.05, 3.63) is 63.7 Å². The second-order valence-corrected chi connectivity index (χ2v) is 9.25. The Morgan fingerprint density at radius 2 is 1.85 bits per heavy atom. The van der Waals surface area contributed by atoms with E-state index in [9.17, 15) is 4.79 Å². The minimum atomic E-state index is 0.0235. The van der Waals surface area contributed by atoms with Crippen molar-refractivity contribution in [2.45, 2.75) is 57.7 Å². The predicted octanol–water partition coefficient (Wildman–Crippen LogP) is 4.34. The van der Waals surface area contributed by atoms with Crippen LogP contribution in [0.3, 0.4) is 0 Å². The Kier molecular flexibility index (Phi) is 7.56. The van der Waals surface area contributed by atoms with E-state index in [1.54, 1.807) is 27.4 Å². The first-order chi connectivity index (χ1) is 16.0. The Labute approximate surface area is 196 Å². The monoisotopic (exact) mass is 452 g/mol. The van der Waals surface area contributed by atoms with Gasteiger partial charge in [0.15, 0.2) is 0 Å². The summed E-state index contributed by atoms with van der Waals surface area (Å²) in [5.74, 6) is 2.19. The van der Waals surface area contributed by atoms with E-state index >= 15 is 0 Å². The van der Waals surface area contributed by atoms with Crippen LogP contribution in [0.2, 0.25) is 0 Å². The van der Waals surface area contributed by atoms with E-state index in [4.69, 9.17) is 14.2 Å². The number of pyridine rings is 1. The molecule has 0 spiro atoms. The van der Waals surface area contributed by atoms with Gasteiger partial charge in [-0.05, 0) is 74.3 Å². The molecule has 1 fully saturated rings. The summed E-state index contributed by atoms with van der Waals surface area (Å²) in [6.45, 7) is 3.61. The summed E-state index contributed by atoms with van der Waals surface area (Å²) in [7, 11) is 5.09. The fraction of sp³-hybridized carbons (Fsp3) is 0.519. The molecule has 4 rings (SSSR count). The first kappa shape index (κ1) is 23.6. The van der Waals surface area contributed by atoms with Crippen LogP contribution in [0.4, 0.5) is 0 Å². The van der Waals surface area contributed by atoms with E-state index in [0.717, 1.165) is 73.2 Å². The van der Waals surface area contributed by atoms with Gasteiger partial charge in [0.05, 0.1) is 19.7 Å². The molecule has 1 aromatic carbocycles. The van der Waals surface area contributed by atoms with Crippen LogP contribution in [0.1, 0.15) is 37.7 Å². The number of aryl methyl sites for hydroxylation is 1. The minimum absolute atomic E-state index is 0.0235. The van der Waals surface area contributed by atoms with E-state index in [1.807, 2.05) is 23.6 Å². The topological polar surface area (TPSA) is 61.7 Å². The maximum absolute atomic E-state index is 12.8. The molecular formula is C27H36N2O4. The molecule has 0 amide bonds. The maximum atomic E-state index is 12.8. The van der Waals surface area contributed by atoms with Crippen LogP contribution < -0.4 is 15.6 Å². The van der Waals surface area contributed by atoms with Crippen LogP contribution in [0.5, 0.6) is 5.75 Å². The van der Waals surface area contributed by atoms with Gasteiger partial charge in [-0.25, -0.2) is 0 Å². The summed E-state index contributed by atoms with van der Waals surface area (Å²) in [5.41, 5.74) is 3.32. The predicted molar refractivity (Wildman–Crippen MR) is 132 cm³/mol. The Morgan fingerprint density at radius 3 is 2.55 bits per heavy atom. The quantitative estimate of drug-likeness (QED) is 0.646. The molecule has 1 heterocycles. The zero-order valence-electron chi connectivity index (χ0n) is 20.2. The number of nitrogens with one attached hydrogen (secondary N) is 1. The van der Waals surface area contributed by atoms with E-state index < -0.39 is 0 Å². The van der Waals surface area contributed by atoms with Gasteiger partial charge in [0.25, 0.3) is 5.56 Å². The lowest BCUT2D eigenvalue weighted by Gasteiger charge is -2.30. The van der Waals surface area contributed by atoms with Crippen molar-refractivity contribution in [3.63, 3.8) is 0 Å². The van der Waals surface area contributed by atoms with Gasteiger partial charge in [0, 0.05) is 43.8 Å². The highest BCUT2D eigenvalue weighted by Crippen LogP contribution is 2.29. The third-order valence-corrected chi connectivity index (χ3v) is 7.17. The Balaban J connectivity index is 1.36. The van der Waals surface area contributed by atoms with Crippen LogP contribution in [0, 0.1) is 12.8 Å². The second kappa shape index (κ2) is 10.6. The molecule has 1 N–H and O–H groups in total. The van der Waals surface area contributed by atoms with E-state index in [1.165, 1.54) is 5.57 Å². The number of ether oxygens (including phenoxy) is 3. The lowest BCUT2D eigenvalue weighted by atomic mass is 9.85. The molecular weight excluding hydrogens is 416 g/mol. The third-order valence-electron chi connectivity index (χ3n) is 7.17. The summed E-state index contributed by atoms with van der Waals surface area (Å²) in [5, 5.41) is 4.84. The van der Waals surface area contributed by atoms with Crippen molar-refractivity contribution in [2.75, 3.05) is 27.9 Å². The van der Waals surface area contributed by atoms with Gasteiger partial charge in [0.1, 0.15) is 17.6 Å². The van der Waals surface area contributed by atoms with Gasteiger partial charge in [0.2, 0.25) is 0 Å². The number of benzene rings is 1. The zero-order valence-corrected chi connectivity index (χ0v) is 20.2. The highest BCUT2D eigenvalue weighted by Gasteiger charge is 2.23. The van der Waals surface area contributed by atoms with Crippen molar-refractivity contribution in [1.82, 2.24) is 9.88 Å². The smallest absolute Gasteiger partial charge is 0.251 e. The van der Waals surface area contributed by atoms with Crippen LogP contribution >= 0.6 is 0 Å². The van der Waals surface area contributed by atoms with Crippen LogP contribution in [-0.4, -0.2) is 44.6 Å². The van der Waals surface area contributed by atoms with Crippen molar-refractivity contribution >= 4 is 10.9 Å². The van der Waals surface area contributed by atoms with Gasteiger partial charge >= 0.3 is 0 Å². The number of rotatable bonds is 8. The number of aromatic nitrogens is 1. The van der Waals surface area contributed by atoms with Gasteiger partial charge < -0.3 is 24.1 Å². The number of fused-ring (bicyclic) bond motifs is 1. The molecule has 6 nitrogen and oxygen atoms in total. The first-order valence-electron chi connectivity index (χ1n) is 11.9. The molecule has 1 aromatic heterocycles. The normalized spacial score (nSPS) is 23.2. The van der Waals surface area contributed by atoms with Crippen LogP contribution in [-0.2, 0) is 16.0 Å². The molecule has 2 aliphatic carbocycles. The summed E-state index contributed by atoms with van der Waals surface area (Å²) in [6.07, 6.45) is 9.70. The number of hydrogen-bond donors (Lipinski definition) is 1. The summed E-state index contributed by atoms with van der Waals surface area (Å²) >= 11 is 0. The highest BCUT2D eigenvalue weighted by molar-refractivity contribution is 5.83. The first-order valence-corrected chi connectivity index (χ1v) is 11.9. The van der Waals surface area contributed by atoms with Crippen molar-refractivity contribution in [1.29, 1.82) is 0 Å². The maximum Gasteiger partial charge on any atom is 0.251 e. The molecule has 2 aliphatic rings. The zero-order chi connectivity index (χ0) is 23.4. The molecule has 1 atom stereocenters. The largest absolute Gasteiger partial charge is 0.498 e. The average Bonchev–Trinajstić information content (AvgIpc) is 2.85. The molecule has 0 aliphatic heterocycles. The van der Waals surface area contributed by atoms with Crippen molar-refractivity contribution in [2.24, 2.45) is 5.92 Å². The molecule has 2 aromatic rings. The van der Waals surface area contributed by atoms with Gasteiger partial charge in [-0.3, -0.25) is 4.79 Å². The van der Waals surface area contributed by atoms with Crippen LogP contribution in [0.15, 0.2) is 52.5 Å². The molecule has 6 heteroatoms. The van der Waals surface area contributed by atoms with Crippen molar-refractivity contribution in [3.8, 4) is 5.75 Å². The summed E-state index contributed by atoms with van der Waals surface area (Å²) < 4.78 is 18.3. The van der Waals surface area contributed by atoms with E-state index in [-0.39, 0.29) is 11.7 Å². The lowest BCUT2D eigenvalue weighted by Crippen LogP contribution is -2.36. The van der Waals surface area contributed by atoms with Gasteiger partial charge in [-0.15, -0.1) is 0 Å². The van der Waals surface area contributed by atoms with Gasteiger partial charge in [-0.2, -0.15) is 0 Å². The second-order valence-electron chi connectivity index (χ2n) is 9.25. The molecule has 0 bridgehead atoms. The minimum Gasteiger partial charge on any atom is -0.498 e. The molecule has 1 unspecified atom stereocenters. The fourth-order valence-electron chi connectivity index (χ4n) is 5.15. The number of nitrogens with zero attached hydrogens (tertiary/aromatic N) is 1. The molecule has 1 saturated carbocycles. The highest BCUT2D eigenvalue weighted by atomic mass is 16.5. The number of methoxy groups -OCH3 is 3. The van der Waals surface area contributed by atoms with E-state index in [2.05, 4.69) is 23.5 Å². The Bertz CT molecular complexity index is 1090. The van der Waals surface area contributed by atoms with Crippen molar-refractivity contribution < 1.29 is 14.2 Å².